The first-order chi connectivity index (χ1) is 10.5. The van der Waals surface area contributed by atoms with Crippen LogP contribution in [0, 0.1) is 10.1 Å². The van der Waals surface area contributed by atoms with Gasteiger partial charge in [-0.3, -0.25) is 14.9 Å². The van der Waals surface area contributed by atoms with Crippen molar-refractivity contribution in [1.29, 1.82) is 0 Å². The van der Waals surface area contributed by atoms with Gasteiger partial charge >= 0.3 is 0 Å². The fourth-order valence-corrected chi connectivity index (χ4v) is 2.09. The Morgan fingerprint density at radius 2 is 1.77 bits per heavy atom. The lowest BCUT2D eigenvalue weighted by atomic mass is 10.1. The van der Waals surface area contributed by atoms with E-state index in [2.05, 4.69) is 21.2 Å². The minimum atomic E-state index is -0.930. The van der Waals surface area contributed by atoms with Gasteiger partial charge in [0.25, 0.3) is 11.6 Å². The minimum absolute atomic E-state index is 0.0205. The normalized spacial score (nSPS) is 11.7. The maximum atomic E-state index is 11.9. The number of rotatable bonds is 5. The van der Waals surface area contributed by atoms with Crippen molar-refractivity contribution in [1.82, 2.24) is 5.32 Å². The highest BCUT2D eigenvalue weighted by molar-refractivity contribution is 9.10. The van der Waals surface area contributed by atoms with Gasteiger partial charge in [0.05, 0.1) is 11.0 Å². The van der Waals surface area contributed by atoms with E-state index in [1.54, 1.807) is 24.3 Å². The Balaban J connectivity index is 1.94. The van der Waals surface area contributed by atoms with Crippen molar-refractivity contribution >= 4 is 27.5 Å². The van der Waals surface area contributed by atoms with Crippen molar-refractivity contribution in [3.05, 3.63) is 74.2 Å². The number of nitrogens with zero attached hydrogens (tertiary/aromatic N) is 1. The molecule has 1 atom stereocenters. The first-order valence-electron chi connectivity index (χ1n) is 6.43. The quantitative estimate of drug-likeness (QED) is 0.630. The first-order valence-corrected chi connectivity index (χ1v) is 7.23. The molecule has 0 bridgehead atoms. The van der Waals surface area contributed by atoms with Crippen molar-refractivity contribution in [2.75, 3.05) is 6.54 Å². The number of nitro benzene ring substituents is 1. The number of aliphatic hydroxyl groups is 1. The third kappa shape index (κ3) is 4.12. The molecule has 6 nitrogen and oxygen atoms in total. The highest BCUT2D eigenvalue weighted by Crippen LogP contribution is 2.17. The highest BCUT2D eigenvalue weighted by Gasteiger charge is 2.12. The topological polar surface area (TPSA) is 92.5 Å². The molecule has 114 valence electrons. The van der Waals surface area contributed by atoms with Gasteiger partial charge in [0.15, 0.2) is 0 Å². The minimum Gasteiger partial charge on any atom is -0.387 e. The van der Waals surface area contributed by atoms with Gasteiger partial charge in [-0.2, -0.15) is 0 Å². The molecule has 0 fully saturated rings. The van der Waals surface area contributed by atoms with Gasteiger partial charge in [-0.25, -0.2) is 0 Å². The maximum Gasteiger partial charge on any atom is 0.269 e. The summed E-state index contributed by atoms with van der Waals surface area (Å²) in [4.78, 5) is 22.0. The fourth-order valence-electron chi connectivity index (χ4n) is 1.83. The van der Waals surface area contributed by atoms with Crippen LogP contribution in [-0.2, 0) is 0 Å². The maximum absolute atomic E-state index is 11.9. The molecule has 2 aromatic rings. The van der Waals surface area contributed by atoms with Crippen molar-refractivity contribution in [2.45, 2.75) is 6.10 Å². The summed E-state index contributed by atoms with van der Waals surface area (Å²) < 4.78 is 0.870. The molecule has 0 aliphatic carbocycles. The van der Waals surface area contributed by atoms with Gasteiger partial charge in [0.2, 0.25) is 0 Å². The SMILES string of the molecule is O=C(NC[C@H](O)c1ccc([N+](=O)[O-])cc1)c1ccc(Br)cc1. The Morgan fingerprint density at radius 1 is 1.18 bits per heavy atom. The van der Waals surface area contributed by atoms with Crippen LogP contribution in [0.2, 0.25) is 0 Å². The van der Waals surface area contributed by atoms with E-state index in [4.69, 9.17) is 0 Å². The molecule has 0 heterocycles. The van der Waals surface area contributed by atoms with Crippen LogP contribution in [0.15, 0.2) is 53.0 Å². The molecule has 0 aromatic heterocycles. The molecule has 0 saturated heterocycles. The van der Waals surface area contributed by atoms with Crippen LogP contribution in [0.25, 0.3) is 0 Å². The second-order valence-corrected chi connectivity index (χ2v) is 5.50. The lowest BCUT2D eigenvalue weighted by Crippen LogP contribution is -2.28. The Hall–Kier alpha value is -2.25. The molecule has 2 rings (SSSR count). The predicted molar refractivity (Wildman–Crippen MR) is 84.5 cm³/mol. The number of non-ortho nitro benzene ring substituents is 1. The second kappa shape index (κ2) is 7.15. The molecule has 22 heavy (non-hydrogen) atoms. The predicted octanol–water partition coefficient (Wildman–Crippen LogP) is 2.82. The summed E-state index contributed by atoms with van der Waals surface area (Å²) in [7, 11) is 0. The van der Waals surface area contributed by atoms with Gasteiger partial charge in [-0.05, 0) is 42.0 Å². The van der Waals surface area contributed by atoms with Gasteiger partial charge in [0, 0.05) is 28.7 Å². The monoisotopic (exact) mass is 364 g/mol. The summed E-state index contributed by atoms with van der Waals surface area (Å²) in [5.74, 6) is -0.298. The van der Waals surface area contributed by atoms with Crippen LogP contribution in [0.5, 0.6) is 0 Å². The molecule has 2 aromatic carbocycles. The first kappa shape index (κ1) is 16.1. The van der Waals surface area contributed by atoms with E-state index >= 15 is 0 Å². The number of benzene rings is 2. The highest BCUT2D eigenvalue weighted by atomic mass is 79.9. The van der Waals surface area contributed by atoms with Crippen molar-refractivity contribution in [3.63, 3.8) is 0 Å². The van der Waals surface area contributed by atoms with Crippen LogP contribution in [-0.4, -0.2) is 22.5 Å². The molecule has 0 spiro atoms. The summed E-state index contributed by atoms with van der Waals surface area (Å²) in [6.07, 6.45) is -0.930. The largest absolute Gasteiger partial charge is 0.387 e. The fraction of sp³-hybridized carbons (Fsp3) is 0.133. The number of halogens is 1. The van der Waals surface area contributed by atoms with E-state index in [1.807, 2.05) is 0 Å². The molecule has 0 aliphatic heterocycles. The van der Waals surface area contributed by atoms with E-state index in [0.717, 1.165) is 4.47 Å². The van der Waals surface area contributed by atoms with E-state index in [0.29, 0.717) is 11.1 Å². The van der Waals surface area contributed by atoms with Crippen LogP contribution in [0.4, 0.5) is 5.69 Å². The number of amides is 1. The summed E-state index contributed by atoms with van der Waals surface area (Å²) in [6, 6.07) is 12.4. The number of hydrogen-bond donors (Lipinski definition) is 2. The van der Waals surface area contributed by atoms with Gasteiger partial charge in [-0.15, -0.1) is 0 Å². The van der Waals surface area contributed by atoms with Crippen molar-refractivity contribution < 1.29 is 14.8 Å². The third-order valence-electron chi connectivity index (χ3n) is 3.05. The molecule has 0 unspecified atom stereocenters. The molecule has 2 N–H and O–H groups in total. The van der Waals surface area contributed by atoms with Crippen molar-refractivity contribution in [3.8, 4) is 0 Å². The van der Waals surface area contributed by atoms with Crippen LogP contribution in [0.1, 0.15) is 22.0 Å². The van der Waals surface area contributed by atoms with Crippen LogP contribution < -0.4 is 5.32 Å². The van der Waals surface area contributed by atoms with Crippen LogP contribution >= 0.6 is 15.9 Å². The number of carbonyl (C=O) groups is 1. The van der Waals surface area contributed by atoms with Crippen LogP contribution in [0.3, 0.4) is 0 Å². The van der Waals surface area contributed by atoms with E-state index < -0.39 is 11.0 Å². The lowest BCUT2D eigenvalue weighted by Gasteiger charge is -2.12. The lowest BCUT2D eigenvalue weighted by molar-refractivity contribution is -0.384. The van der Waals surface area contributed by atoms with E-state index in [1.165, 1.54) is 24.3 Å². The van der Waals surface area contributed by atoms with Gasteiger partial charge in [-0.1, -0.05) is 15.9 Å². The third-order valence-corrected chi connectivity index (χ3v) is 3.58. The average molecular weight is 365 g/mol. The molecule has 0 aliphatic rings. The van der Waals surface area contributed by atoms with E-state index in [9.17, 15) is 20.0 Å². The summed E-state index contributed by atoms with van der Waals surface area (Å²) in [5.41, 5.74) is 0.940. The molecule has 0 radical (unpaired) electrons. The zero-order chi connectivity index (χ0) is 16.1. The number of nitro groups is 1. The smallest absolute Gasteiger partial charge is 0.269 e. The average Bonchev–Trinajstić information content (AvgIpc) is 2.53. The van der Waals surface area contributed by atoms with Gasteiger partial charge in [0.1, 0.15) is 0 Å². The molecular formula is C15H13BrN2O4. The summed E-state index contributed by atoms with van der Waals surface area (Å²) in [5, 5.41) is 23.2. The Bertz CT molecular complexity index is 671. The number of carbonyl (C=O) groups excluding carboxylic acids is 1. The molecule has 7 heteroatoms. The van der Waals surface area contributed by atoms with E-state index in [-0.39, 0.29) is 18.1 Å². The second-order valence-electron chi connectivity index (χ2n) is 4.58. The number of nitrogens with one attached hydrogen (secondary N) is 1. The summed E-state index contributed by atoms with van der Waals surface area (Å²) >= 11 is 3.28. The van der Waals surface area contributed by atoms with Gasteiger partial charge < -0.3 is 10.4 Å². The standard InChI is InChI=1S/C15H13BrN2O4/c16-12-5-1-11(2-6-12)15(20)17-9-14(19)10-3-7-13(8-4-10)18(21)22/h1-8,14,19H,9H2,(H,17,20)/t14-/m0/s1. The molecule has 1 amide bonds. The Morgan fingerprint density at radius 3 is 2.32 bits per heavy atom. The van der Waals surface area contributed by atoms with Crippen molar-refractivity contribution in [2.24, 2.45) is 0 Å². The summed E-state index contributed by atoms with van der Waals surface area (Å²) in [6.45, 7) is 0.0205. The number of aliphatic hydroxyl groups excluding tert-OH is 1. The zero-order valence-corrected chi connectivity index (χ0v) is 13.0. The zero-order valence-electron chi connectivity index (χ0n) is 11.4. The Labute approximate surface area is 135 Å². The number of hydrogen-bond acceptors (Lipinski definition) is 4. The molecular weight excluding hydrogens is 352 g/mol. The Kier molecular flexibility index (Phi) is 5.24. The molecule has 0 saturated carbocycles.